The van der Waals surface area contributed by atoms with Gasteiger partial charge in [0, 0.05) is 27.5 Å². The van der Waals surface area contributed by atoms with Gasteiger partial charge in [-0.1, -0.05) is 102 Å². The fourth-order valence-electron chi connectivity index (χ4n) is 4.61. The van der Waals surface area contributed by atoms with E-state index in [4.69, 9.17) is 26.6 Å². The van der Waals surface area contributed by atoms with E-state index < -0.39 is 0 Å². The third kappa shape index (κ3) is 3.22. The molecule has 0 N–H and O–H groups in total. The Morgan fingerprint density at radius 1 is 0.686 bits per heavy atom. The van der Waals surface area contributed by atoms with Gasteiger partial charge in [-0.3, -0.25) is 4.40 Å². The predicted molar refractivity (Wildman–Crippen MR) is 145 cm³/mol. The van der Waals surface area contributed by atoms with Crippen molar-refractivity contribution in [2.24, 2.45) is 0 Å². The fraction of sp³-hybridized carbons (Fsp3) is 0. The molecule has 0 atom stereocenters. The van der Waals surface area contributed by atoms with E-state index in [9.17, 15) is 0 Å². The van der Waals surface area contributed by atoms with Gasteiger partial charge in [0.05, 0.1) is 10.6 Å². The monoisotopic (exact) mass is 487 g/mol. The number of para-hydroxylation sites is 1. The summed E-state index contributed by atoms with van der Waals surface area (Å²) in [6.07, 6.45) is 0. The number of aromatic nitrogens is 3. The van der Waals surface area contributed by atoms with Crippen LogP contribution in [0.4, 0.5) is 0 Å². The Morgan fingerprint density at radius 2 is 1.37 bits per heavy atom. The zero-order valence-electron chi connectivity index (χ0n) is 18.4. The molecule has 0 bridgehead atoms. The summed E-state index contributed by atoms with van der Waals surface area (Å²) in [5.41, 5.74) is 5.83. The first-order valence-corrected chi connectivity index (χ1v) is 12.5. The number of hydrogen-bond donors (Lipinski definition) is 0. The summed E-state index contributed by atoms with van der Waals surface area (Å²) in [7, 11) is 0. The predicted octanol–water partition coefficient (Wildman–Crippen LogP) is 8.42. The van der Waals surface area contributed by atoms with E-state index in [1.807, 2.05) is 83.3 Å². The van der Waals surface area contributed by atoms with Crippen molar-refractivity contribution < 1.29 is 4.42 Å². The lowest BCUT2D eigenvalue weighted by molar-refractivity contribution is 0.669. The summed E-state index contributed by atoms with van der Waals surface area (Å²) in [5.74, 6) is 0.634. The second-order valence-electron chi connectivity index (χ2n) is 8.24. The van der Waals surface area contributed by atoms with Crippen molar-refractivity contribution >= 4 is 50.5 Å². The number of hydrogen-bond acceptors (Lipinski definition) is 5. The van der Waals surface area contributed by atoms with Crippen LogP contribution in [0.5, 0.6) is 0 Å². The molecule has 0 aliphatic rings. The molecule has 7 aromatic rings. The third-order valence-electron chi connectivity index (χ3n) is 6.14. The second-order valence-corrected chi connectivity index (χ2v) is 9.58. The molecule has 7 rings (SSSR count). The molecule has 0 spiro atoms. The van der Waals surface area contributed by atoms with Crippen LogP contribution >= 0.6 is 23.6 Å². The summed E-state index contributed by atoms with van der Waals surface area (Å²) in [5, 5.41) is 2.18. The Morgan fingerprint density at radius 3 is 2.17 bits per heavy atom. The zero-order chi connectivity index (χ0) is 23.4. The molecule has 4 aromatic carbocycles. The average Bonchev–Trinajstić information content (AvgIpc) is 3.49. The molecule has 166 valence electrons. The van der Waals surface area contributed by atoms with E-state index in [0.717, 1.165) is 54.2 Å². The number of nitrogens with zero attached hydrogens (tertiary/aromatic N) is 3. The van der Waals surface area contributed by atoms with Gasteiger partial charge in [0.15, 0.2) is 10.8 Å². The van der Waals surface area contributed by atoms with E-state index in [0.29, 0.717) is 10.6 Å². The molecule has 0 fully saturated rings. The van der Waals surface area contributed by atoms with Crippen molar-refractivity contribution in [2.75, 3.05) is 0 Å². The van der Waals surface area contributed by atoms with Crippen molar-refractivity contribution in [3.8, 4) is 33.1 Å². The van der Waals surface area contributed by atoms with Crippen LogP contribution in [-0.4, -0.2) is 14.4 Å². The quantitative estimate of drug-likeness (QED) is 0.235. The minimum atomic E-state index is 0.486. The van der Waals surface area contributed by atoms with Crippen molar-refractivity contribution in [2.45, 2.75) is 0 Å². The first-order valence-electron chi connectivity index (χ1n) is 11.2. The molecule has 0 saturated heterocycles. The van der Waals surface area contributed by atoms with E-state index in [2.05, 4.69) is 24.3 Å². The Kier molecular flexibility index (Phi) is 4.62. The molecular formula is C29H17N3OS2. The Balaban J connectivity index is 1.60. The maximum atomic E-state index is 6.18. The third-order valence-corrected chi connectivity index (χ3v) is 7.49. The standard InChI is InChI=1S/C29H17N3OS2/c34-28-30-27(19-12-5-2-6-13-19)31-29-32(28)25(18-10-3-1-4-11-18)26(35-29)21-15-9-17-23-24(21)20-14-7-8-16-22(20)33-23/h1-17H. The smallest absolute Gasteiger partial charge is 0.208 e. The summed E-state index contributed by atoms with van der Waals surface area (Å²) in [4.78, 5) is 11.6. The molecule has 3 heterocycles. The molecule has 4 nitrogen and oxygen atoms in total. The van der Waals surface area contributed by atoms with Crippen LogP contribution in [0, 0.1) is 4.77 Å². The van der Waals surface area contributed by atoms with Gasteiger partial charge < -0.3 is 4.42 Å². The largest absolute Gasteiger partial charge is 0.456 e. The van der Waals surface area contributed by atoms with Crippen molar-refractivity contribution in [3.63, 3.8) is 0 Å². The normalized spacial score (nSPS) is 11.5. The van der Waals surface area contributed by atoms with E-state index >= 15 is 0 Å². The highest BCUT2D eigenvalue weighted by Gasteiger charge is 2.22. The highest BCUT2D eigenvalue weighted by molar-refractivity contribution is 7.71. The lowest BCUT2D eigenvalue weighted by Crippen LogP contribution is -1.99. The van der Waals surface area contributed by atoms with E-state index in [-0.39, 0.29) is 0 Å². The van der Waals surface area contributed by atoms with Gasteiger partial charge in [-0.15, -0.1) is 0 Å². The SMILES string of the molecule is S=c1nc(-c2ccccc2)nc2sc(-c3cccc4oc5ccccc5c34)c(-c3ccccc3)n12. The van der Waals surface area contributed by atoms with Crippen LogP contribution in [0.3, 0.4) is 0 Å². The lowest BCUT2D eigenvalue weighted by Gasteiger charge is -2.08. The molecule has 35 heavy (non-hydrogen) atoms. The molecule has 0 amide bonds. The Labute approximate surface area is 209 Å². The topological polar surface area (TPSA) is 43.3 Å². The lowest BCUT2D eigenvalue weighted by atomic mass is 10.0. The van der Waals surface area contributed by atoms with Gasteiger partial charge in [0.2, 0.25) is 4.77 Å². The molecule has 0 unspecified atom stereocenters. The second kappa shape index (κ2) is 7.98. The van der Waals surface area contributed by atoms with Crippen LogP contribution in [0.25, 0.3) is 60.0 Å². The summed E-state index contributed by atoms with van der Waals surface area (Å²) >= 11 is 7.47. The molecular weight excluding hydrogens is 470 g/mol. The highest BCUT2D eigenvalue weighted by Crippen LogP contribution is 2.44. The number of benzene rings is 4. The summed E-state index contributed by atoms with van der Waals surface area (Å²) in [6, 6.07) is 34.6. The van der Waals surface area contributed by atoms with Gasteiger partial charge in [-0.05, 0) is 24.4 Å². The maximum Gasteiger partial charge on any atom is 0.208 e. The molecule has 0 aliphatic heterocycles. The van der Waals surface area contributed by atoms with Crippen molar-refractivity contribution in [1.82, 2.24) is 14.4 Å². The van der Waals surface area contributed by atoms with Crippen LogP contribution in [0.2, 0.25) is 0 Å². The van der Waals surface area contributed by atoms with Gasteiger partial charge in [0.1, 0.15) is 11.2 Å². The minimum absolute atomic E-state index is 0.486. The maximum absolute atomic E-state index is 6.18. The van der Waals surface area contributed by atoms with Crippen LogP contribution in [-0.2, 0) is 0 Å². The van der Waals surface area contributed by atoms with Gasteiger partial charge >= 0.3 is 0 Å². The highest BCUT2D eigenvalue weighted by atomic mass is 32.1. The van der Waals surface area contributed by atoms with Crippen molar-refractivity contribution in [1.29, 1.82) is 0 Å². The average molecular weight is 488 g/mol. The number of thiazole rings is 1. The van der Waals surface area contributed by atoms with E-state index in [1.165, 1.54) is 0 Å². The van der Waals surface area contributed by atoms with E-state index in [1.54, 1.807) is 11.3 Å². The Hall–Kier alpha value is -4.13. The zero-order valence-corrected chi connectivity index (χ0v) is 20.0. The van der Waals surface area contributed by atoms with Gasteiger partial charge in [0.25, 0.3) is 0 Å². The minimum Gasteiger partial charge on any atom is -0.456 e. The van der Waals surface area contributed by atoms with Crippen molar-refractivity contribution in [3.05, 3.63) is 108 Å². The molecule has 3 aromatic heterocycles. The van der Waals surface area contributed by atoms with Gasteiger partial charge in [-0.25, -0.2) is 4.98 Å². The first-order chi connectivity index (χ1) is 17.3. The number of furan rings is 1. The van der Waals surface area contributed by atoms with Crippen LogP contribution < -0.4 is 0 Å². The van der Waals surface area contributed by atoms with Gasteiger partial charge in [-0.2, -0.15) is 4.98 Å². The number of fused-ring (bicyclic) bond motifs is 4. The molecule has 6 heteroatoms. The summed E-state index contributed by atoms with van der Waals surface area (Å²) < 4.78 is 8.67. The number of rotatable bonds is 3. The molecule has 0 saturated carbocycles. The first kappa shape index (κ1) is 20.3. The van der Waals surface area contributed by atoms with Crippen LogP contribution in [0.15, 0.2) is 108 Å². The van der Waals surface area contributed by atoms with Crippen LogP contribution in [0.1, 0.15) is 0 Å². The molecule has 0 radical (unpaired) electrons. The molecule has 0 aliphatic carbocycles. The Bertz CT molecular complexity index is 1920. The summed E-state index contributed by atoms with van der Waals surface area (Å²) in [6.45, 7) is 0. The fourth-order valence-corrected chi connectivity index (χ4v) is 6.10.